The van der Waals surface area contributed by atoms with Crippen LogP contribution in [0.1, 0.15) is 11.3 Å². The first-order valence-electron chi connectivity index (χ1n) is 5.75. The summed E-state index contributed by atoms with van der Waals surface area (Å²) >= 11 is 0.953. The van der Waals surface area contributed by atoms with Crippen molar-refractivity contribution in [1.29, 1.82) is 0 Å². The van der Waals surface area contributed by atoms with Crippen molar-refractivity contribution >= 4 is 17.7 Å². The number of nitrogens with zero attached hydrogens (tertiary/aromatic N) is 2. The number of carboxylic acids is 1. The maximum absolute atomic E-state index is 14.0. The van der Waals surface area contributed by atoms with Crippen LogP contribution >= 0.6 is 11.8 Å². The van der Waals surface area contributed by atoms with Gasteiger partial charge in [0.15, 0.2) is 5.16 Å². The van der Waals surface area contributed by atoms with Crippen LogP contribution in [-0.2, 0) is 4.79 Å². The van der Waals surface area contributed by atoms with Crippen LogP contribution in [0.25, 0.3) is 5.69 Å². The molecule has 1 aromatic carbocycles. The lowest BCUT2D eigenvalue weighted by Gasteiger charge is -2.11. The number of rotatable bonds is 4. The maximum Gasteiger partial charge on any atom is 0.313 e. The Hall–Kier alpha value is -1.89. The number of benzene rings is 1. The van der Waals surface area contributed by atoms with E-state index in [1.54, 1.807) is 6.92 Å². The number of thioether (sulfide) groups is 1. The van der Waals surface area contributed by atoms with Crippen LogP contribution in [0.5, 0.6) is 0 Å². The van der Waals surface area contributed by atoms with E-state index in [-0.39, 0.29) is 17.0 Å². The Morgan fingerprint density at radius 3 is 2.70 bits per heavy atom. The van der Waals surface area contributed by atoms with E-state index in [4.69, 9.17) is 5.11 Å². The quantitative estimate of drug-likeness (QED) is 0.882. The standard InChI is InChI=1S/C13H12F2N2O2S/c1-7-3-10(15)11(4-9(7)14)17-8(2)5-16-13(17)20-6-12(18)19/h3-5H,6H2,1-2H3,(H,18,19). The van der Waals surface area contributed by atoms with Crippen molar-refractivity contribution in [3.63, 3.8) is 0 Å². The van der Waals surface area contributed by atoms with Crippen molar-refractivity contribution in [3.8, 4) is 5.69 Å². The lowest BCUT2D eigenvalue weighted by molar-refractivity contribution is -0.133. The van der Waals surface area contributed by atoms with E-state index in [1.165, 1.54) is 17.7 Å². The van der Waals surface area contributed by atoms with Crippen molar-refractivity contribution in [2.24, 2.45) is 0 Å². The van der Waals surface area contributed by atoms with Crippen LogP contribution in [0.2, 0.25) is 0 Å². The Morgan fingerprint density at radius 2 is 2.05 bits per heavy atom. The fourth-order valence-corrected chi connectivity index (χ4v) is 2.49. The zero-order valence-electron chi connectivity index (χ0n) is 10.9. The largest absolute Gasteiger partial charge is 0.481 e. The number of imidazole rings is 1. The van der Waals surface area contributed by atoms with E-state index in [9.17, 15) is 13.6 Å². The van der Waals surface area contributed by atoms with E-state index in [0.717, 1.165) is 23.9 Å². The molecular weight excluding hydrogens is 286 g/mol. The van der Waals surface area contributed by atoms with Gasteiger partial charge in [-0.05, 0) is 25.5 Å². The van der Waals surface area contributed by atoms with E-state index < -0.39 is 17.6 Å². The smallest absolute Gasteiger partial charge is 0.313 e. The van der Waals surface area contributed by atoms with Crippen LogP contribution in [-0.4, -0.2) is 26.4 Å². The molecule has 20 heavy (non-hydrogen) atoms. The van der Waals surface area contributed by atoms with Gasteiger partial charge in [0.05, 0.1) is 11.4 Å². The molecule has 0 spiro atoms. The fourth-order valence-electron chi connectivity index (χ4n) is 1.74. The van der Waals surface area contributed by atoms with Crippen LogP contribution in [0.3, 0.4) is 0 Å². The van der Waals surface area contributed by atoms with Gasteiger partial charge in [0.25, 0.3) is 0 Å². The third kappa shape index (κ3) is 2.82. The molecule has 2 rings (SSSR count). The van der Waals surface area contributed by atoms with E-state index >= 15 is 0 Å². The summed E-state index contributed by atoms with van der Waals surface area (Å²) in [6.45, 7) is 3.16. The van der Waals surface area contributed by atoms with Crippen LogP contribution < -0.4 is 0 Å². The second kappa shape index (κ2) is 5.62. The number of carbonyl (C=O) groups is 1. The fraction of sp³-hybridized carbons (Fsp3) is 0.231. The summed E-state index contributed by atoms with van der Waals surface area (Å²) in [7, 11) is 0. The maximum atomic E-state index is 14.0. The monoisotopic (exact) mass is 298 g/mol. The number of hydrogen-bond donors (Lipinski definition) is 1. The van der Waals surface area contributed by atoms with Crippen molar-refractivity contribution < 1.29 is 18.7 Å². The molecule has 0 saturated carbocycles. The van der Waals surface area contributed by atoms with E-state index in [0.29, 0.717) is 10.9 Å². The zero-order valence-corrected chi connectivity index (χ0v) is 11.7. The summed E-state index contributed by atoms with van der Waals surface area (Å²) in [5.74, 6) is -2.31. The molecule has 2 aromatic rings. The van der Waals surface area contributed by atoms with E-state index in [2.05, 4.69) is 4.98 Å². The van der Waals surface area contributed by atoms with Crippen molar-refractivity contribution in [1.82, 2.24) is 9.55 Å². The van der Waals surface area contributed by atoms with Gasteiger partial charge in [0.1, 0.15) is 11.6 Å². The first-order valence-corrected chi connectivity index (χ1v) is 6.73. The third-order valence-electron chi connectivity index (χ3n) is 2.70. The number of halogens is 2. The molecule has 1 N–H and O–H groups in total. The molecule has 0 radical (unpaired) electrons. The van der Waals surface area contributed by atoms with Crippen LogP contribution in [0.15, 0.2) is 23.5 Å². The summed E-state index contributed by atoms with van der Waals surface area (Å²) in [4.78, 5) is 14.6. The average molecular weight is 298 g/mol. The third-order valence-corrected chi connectivity index (χ3v) is 3.64. The molecule has 4 nitrogen and oxygen atoms in total. The Balaban J connectivity index is 2.49. The van der Waals surface area contributed by atoms with Gasteiger partial charge >= 0.3 is 5.97 Å². The van der Waals surface area contributed by atoms with Crippen molar-refractivity contribution in [3.05, 3.63) is 41.2 Å². The molecule has 0 aliphatic carbocycles. The van der Waals surface area contributed by atoms with Gasteiger partial charge < -0.3 is 5.11 Å². The molecule has 0 amide bonds. The van der Waals surface area contributed by atoms with Gasteiger partial charge in [0, 0.05) is 18.0 Å². The Labute approximate surface area is 118 Å². The summed E-state index contributed by atoms with van der Waals surface area (Å²) < 4.78 is 29.0. The Kier molecular flexibility index (Phi) is 4.08. The molecule has 0 aliphatic heterocycles. The topological polar surface area (TPSA) is 55.1 Å². The molecule has 0 aliphatic rings. The van der Waals surface area contributed by atoms with E-state index in [1.807, 2.05) is 0 Å². The first kappa shape index (κ1) is 14.5. The van der Waals surface area contributed by atoms with Gasteiger partial charge in [-0.1, -0.05) is 11.8 Å². The molecule has 0 bridgehead atoms. The van der Waals surface area contributed by atoms with Crippen LogP contribution in [0, 0.1) is 25.5 Å². The molecular formula is C13H12F2N2O2S. The SMILES string of the molecule is Cc1cc(F)c(-n2c(C)cnc2SCC(=O)O)cc1F. The number of aliphatic carboxylic acids is 1. The van der Waals surface area contributed by atoms with Crippen LogP contribution in [0.4, 0.5) is 8.78 Å². The summed E-state index contributed by atoms with van der Waals surface area (Å²) in [6, 6.07) is 2.19. The lowest BCUT2D eigenvalue weighted by Crippen LogP contribution is -2.05. The summed E-state index contributed by atoms with van der Waals surface area (Å²) in [6.07, 6.45) is 1.49. The molecule has 1 heterocycles. The minimum absolute atomic E-state index is 0.0241. The first-order chi connectivity index (χ1) is 9.40. The van der Waals surface area contributed by atoms with Gasteiger partial charge in [-0.15, -0.1) is 0 Å². The number of aryl methyl sites for hydroxylation is 2. The van der Waals surface area contributed by atoms with Gasteiger partial charge in [-0.3, -0.25) is 9.36 Å². The minimum Gasteiger partial charge on any atom is -0.481 e. The second-order valence-corrected chi connectivity index (χ2v) is 5.20. The average Bonchev–Trinajstić information content (AvgIpc) is 2.73. The summed E-state index contributed by atoms with van der Waals surface area (Å²) in [5, 5.41) is 9.00. The molecule has 0 saturated heterocycles. The molecule has 1 aromatic heterocycles. The number of carboxylic acid groups (broad SMARTS) is 1. The van der Waals surface area contributed by atoms with Gasteiger partial charge in [-0.2, -0.15) is 0 Å². The Morgan fingerprint density at radius 1 is 1.35 bits per heavy atom. The second-order valence-electron chi connectivity index (χ2n) is 4.25. The molecule has 0 fully saturated rings. The normalized spacial score (nSPS) is 10.8. The highest BCUT2D eigenvalue weighted by Crippen LogP contribution is 2.26. The van der Waals surface area contributed by atoms with Crippen molar-refractivity contribution in [2.75, 3.05) is 5.75 Å². The van der Waals surface area contributed by atoms with Gasteiger partial charge in [0.2, 0.25) is 0 Å². The highest BCUT2D eigenvalue weighted by molar-refractivity contribution is 7.99. The van der Waals surface area contributed by atoms with Crippen molar-refractivity contribution in [2.45, 2.75) is 19.0 Å². The predicted octanol–water partition coefficient (Wildman–Crippen LogP) is 2.94. The van der Waals surface area contributed by atoms with Gasteiger partial charge in [-0.25, -0.2) is 13.8 Å². The minimum atomic E-state index is -1.00. The number of hydrogen-bond acceptors (Lipinski definition) is 3. The highest BCUT2D eigenvalue weighted by atomic mass is 32.2. The highest BCUT2D eigenvalue weighted by Gasteiger charge is 2.16. The predicted molar refractivity (Wildman–Crippen MR) is 71.3 cm³/mol. The molecule has 106 valence electrons. The molecule has 7 heteroatoms. The molecule has 0 unspecified atom stereocenters. The summed E-state index contributed by atoms with van der Waals surface area (Å²) in [5.41, 5.74) is 0.833. The zero-order chi connectivity index (χ0) is 14.9. The Bertz CT molecular complexity index is 671. The lowest BCUT2D eigenvalue weighted by atomic mass is 10.2. The molecule has 0 atom stereocenters. The number of aromatic nitrogens is 2.